The first-order chi connectivity index (χ1) is 11.9. The molecule has 0 saturated carbocycles. The third-order valence-electron chi connectivity index (χ3n) is 4.06. The van der Waals surface area contributed by atoms with Crippen LogP contribution in [0.25, 0.3) is 0 Å². The molecule has 0 bridgehead atoms. The maximum absolute atomic E-state index is 12.1. The Balaban J connectivity index is 1.80. The van der Waals surface area contributed by atoms with E-state index in [1.165, 1.54) is 0 Å². The molecule has 0 aliphatic rings. The zero-order chi connectivity index (χ0) is 18.3. The van der Waals surface area contributed by atoms with Gasteiger partial charge in [-0.3, -0.25) is 4.79 Å². The minimum Gasteiger partial charge on any atom is -0.497 e. The van der Waals surface area contributed by atoms with Crippen LogP contribution in [-0.4, -0.2) is 30.7 Å². The SMILES string of the molecule is COc1ccc(NC(=O)CC(C)NCC(C)(O)c2ccccc2)cc1. The molecule has 134 valence electrons. The lowest BCUT2D eigenvalue weighted by atomic mass is 9.96. The average molecular weight is 342 g/mol. The Bertz CT molecular complexity index is 669. The summed E-state index contributed by atoms with van der Waals surface area (Å²) >= 11 is 0. The Morgan fingerprint density at radius 1 is 1.16 bits per heavy atom. The predicted molar refractivity (Wildman–Crippen MR) is 99.7 cm³/mol. The summed E-state index contributed by atoms with van der Waals surface area (Å²) in [4.78, 5) is 12.1. The number of hydrogen-bond donors (Lipinski definition) is 3. The molecule has 2 atom stereocenters. The van der Waals surface area contributed by atoms with Crippen molar-refractivity contribution in [2.45, 2.75) is 31.9 Å². The second kappa shape index (κ2) is 8.65. The van der Waals surface area contributed by atoms with Gasteiger partial charge in [-0.15, -0.1) is 0 Å². The van der Waals surface area contributed by atoms with E-state index in [4.69, 9.17) is 4.74 Å². The predicted octanol–water partition coefficient (Wildman–Crippen LogP) is 2.91. The number of methoxy groups -OCH3 is 1. The van der Waals surface area contributed by atoms with Crippen LogP contribution >= 0.6 is 0 Å². The molecule has 5 heteroatoms. The highest BCUT2D eigenvalue weighted by molar-refractivity contribution is 5.91. The summed E-state index contributed by atoms with van der Waals surface area (Å²) in [6, 6.07) is 16.6. The van der Waals surface area contributed by atoms with Crippen LogP contribution in [-0.2, 0) is 10.4 Å². The summed E-state index contributed by atoms with van der Waals surface area (Å²) in [5.74, 6) is 0.667. The number of hydrogen-bond acceptors (Lipinski definition) is 4. The molecule has 0 aromatic heterocycles. The second-order valence-corrected chi connectivity index (χ2v) is 6.40. The van der Waals surface area contributed by atoms with Crippen molar-refractivity contribution in [3.8, 4) is 5.75 Å². The minimum atomic E-state index is -0.984. The lowest BCUT2D eigenvalue weighted by molar-refractivity contribution is -0.116. The maximum Gasteiger partial charge on any atom is 0.225 e. The first-order valence-corrected chi connectivity index (χ1v) is 8.36. The van der Waals surface area contributed by atoms with Gasteiger partial charge in [0.1, 0.15) is 5.75 Å². The highest BCUT2D eigenvalue weighted by Crippen LogP contribution is 2.19. The summed E-state index contributed by atoms with van der Waals surface area (Å²) in [5.41, 5.74) is 0.591. The third kappa shape index (κ3) is 5.89. The number of benzene rings is 2. The van der Waals surface area contributed by atoms with E-state index in [2.05, 4.69) is 10.6 Å². The molecule has 0 fully saturated rings. The Labute approximate surface area is 149 Å². The normalized spacial score (nSPS) is 14.4. The van der Waals surface area contributed by atoms with Crippen LogP contribution in [0.5, 0.6) is 5.75 Å². The average Bonchev–Trinajstić information content (AvgIpc) is 2.61. The summed E-state index contributed by atoms with van der Waals surface area (Å²) in [7, 11) is 1.60. The monoisotopic (exact) mass is 342 g/mol. The lowest BCUT2D eigenvalue weighted by Gasteiger charge is -2.26. The van der Waals surface area contributed by atoms with Crippen LogP contribution < -0.4 is 15.4 Å². The van der Waals surface area contributed by atoms with Gasteiger partial charge in [0, 0.05) is 24.7 Å². The summed E-state index contributed by atoms with van der Waals surface area (Å²) in [5, 5.41) is 16.7. The van der Waals surface area contributed by atoms with Gasteiger partial charge >= 0.3 is 0 Å². The Morgan fingerprint density at radius 2 is 1.80 bits per heavy atom. The Morgan fingerprint density at radius 3 is 2.40 bits per heavy atom. The molecule has 0 aliphatic carbocycles. The van der Waals surface area contributed by atoms with Crippen molar-refractivity contribution in [3.63, 3.8) is 0 Å². The second-order valence-electron chi connectivity index (χ2n) is 6.40. The lowest BCUT2D eigenvalue weighted by Crippen LogP contribution is -2.41. The van der Waals surface area contributed by atoms with Crippen molar-refractivity contribution >= 4 is 11.6 Å². The zero-order valence-electron chi connectivity index (χ0n) is 15.0. The number of aliphatic hydroxyl groups is 1. The maximum atomic E-state index is 12.1. The molecule has 0 heterocycles. The third-order valence-corrected chi connectivity index (χ3v) is 4.06. The van der Waals surface area contributed by atoms with Crippen LogP contribution in [0, 0.1) is 0 Å². The minimum absolute atomic E-state index is 0.0616. The number of ether oxygens (including phenoxy) is 1. The molecular formula is C20H26N2O3. The van der Waals surface area contributed by atoms with Gasteiger partial charge in [-0.25, -0.2) is 0 Å². The number of carbonyl (C=O) groups excluding carboxylic acids is 1. The van der Waals surface area contributed by atoms with E-state index in [-0.39, 0.29) is 11.9 Å². The van der Waals surface area contributed by atoms with Crippen molar-refractivity contribution in [2.75, 3.05) is 19.0 Å². The zero-order valence-corrected chi connectivity index (χ0v) is 15.0. The van der Waals surface area contributed by atoms with Gasteiger partial charge in [0.25, 0.3) is 0 Å². The van der Waals surface area contributed by atoms with Crippen LogP contribution in [0.15, 0.2) is 54.6 Å². The van der Waals surface area contributed by atoms with Crippen LogP contribution in [0.2, 0.25) is 0 Å². The molecule has 2 aromatic rings. The molecule has 0 spiro atoms. The van der Waals surface area contributed by atoms with Gasteiger partial charge in [-0.1, -0.05) is 30.3 Å². The molecule has 2 rings (SSSR count). The van der Waals surface area contributed by atoms with Crippen molar-refractivity contribution < 1.29 is 14.6 Å². The number of carbonyl (C=O) groups is 1. The molecule has 1 amide bonds. The van der Waals surface area contributed by atoms with E-state index in [1.54, 1.807) is 38.3 Å². The molecule has 0 saturated heterocycles. The summed E-state index contributed by atoms with van der Waals surface area (Å²) in [6.45, 7) is 4.06. The first kappa shape index (κ1) is 19.0. The fraction of sp³-hybridized carbons (Fsp3) is 0.350. The van der Waals surface area contributed by atoms with Crippen molar-refractivity contribution in [3.05, 3.63) is 60.2 Å². The molecule has 25 heavy (non-hydrogen) atoms. The van der Waals surface area contributed by atoms with E-state index in [9.17, 15) is 9.90 Å². The largest absolute Gasteiger partial charge is 0.497 e. The number of anilines is 1. The summed E-state index contributed by atoms with van der Waals surface area (Å²) < 4.78 is 5.09. The molecule has 2 unspecified atom stereocenters. The smallest absolute Gasteiger partial charge is 0.225 e. The Kier molecular flexibility index (Phi) is 6.56. The molecule has 0 radical (unpaired) electrons. The number of amides is 1. The van der Waals surface area contributed by atoms with Gasteiger partial charge < -0.3 is 20.5 Å². The van der Waals surface area contributed by atoms with E-state index in [0.717, 1.165) is 17.0 Å². The highest BCUT2D eigenvalue weighted by Gasteiger charge is 2.23. The standard InChI is InChI=1S/C20H26N2O3/c1-15(21-14-20(2,24)16-7-5-4-6-8-16)13-19(23)22-17-9-11-18(25-3)12-10-17/h4-12,15,21,24H,13-14H2,1-3H3,(H,22,23). The molecular weight excluding hydrogens is 316 g/mol. The van der Waals surface area contributed by atoms with Crippen LogP contribution in [0.1, 0.15) is 25.8 Å². The molecule has 0 aliphatic heterocycles. The topological polar surface area (TPSA) is 70.6 Å². The number of nitrogens with one attached hydrogen (secondary N) is 2. The molecule has 2 aromatic carbocycles. The van der Waals surface area contributed by atoms with Crippen molar-refractivity contribution in [1.29, 1.82) is 0 Å². The van der Waals surface area contributed by atoms with E-state index >= 15 is 0 Å². The first-order valence-electron chi connectivity index (χ1n) is 8.36. The highest BCUT2D eigenvalue weighted by atomic mass is 16.5. The molecule has 3 N–H and O–H groups in total. The van der Waals surface area contributed by atoms with Gasteiger partial charge in [0.2, 0.25) is 5.91 Å². The van der Waals surface area contributed by atoms with Gasteiger partial charge in [0.15, 0.2) is 0 Å². The molecule has 5 nitrogen and oxygen atoms in total. The van der Waals surface area contributed by atoms with Gasteiger partial charge in [-0.2, -0.15) is 0 Å². The van der Waals surface area contributed by atoms with E-state index in [0.29, 0.717) is 13.0 Å². The van der Waals surface area contributed by atoms with Crippen LogP contribution in [0.4, 0.5) is 5.69 Å². The number of rotatable bonds is 8. The van der Waals surface area contributed by atoms with Crippen LogP contribution in [0.3, 0.4) is 0 Å². The van der Waals surface area contributed by atoms with Crippen molar-refractivity contribution in [1.82, 2.24) is 5.32 Å². The fourth-order valence-corrected chi connectivity index (χ4v) is 2.51. The van der Waals surface area contributed by atoms with Gasteiger partial charge in [-0.05, 0) is 43.7 Å². The summed E-state index contributed by atoms with van der Waals surface area (Å²) in [6.07, 6.45) is 0.316. The van der Waals surface area contributed by atoms with E-state index in [1.807, 2.05) is 37.3 Å². The van der Waals surface area contributed by atoms with E-state index < -0.39 is 5.60 Å². The fourth-order valence-electron chi connectivity index (χ4n) is 2.51. The quantitative estimate of drug-likeness (QED) is 0.690. The van der Waals surface area contributed by atoms with Crippen molar-refractivity contribution in [2.24, 2.45) is 0 Å². The van der Waals surface area contributed by atoms with Gasteiger partial charge in [0.05, 0.1) is 12.7 Å². The Hall–Kier alpha value is -2.37.